The predicted octanol–water partition coefficient (Wildman–Crippen LogP) is 0.891. The largest absolute Gasteiger partial charge is 0.310 e. The average molecular weight is 145 g/mol. The first-order chi connectivity index (χ1) is 4.04. The van der Waals surface area contributed by atoms with E-state index in [-0.39, 0.29) is 9.52 Å². The van der Waals surface area contributed by atoms with Gasteiger partial charge >= 0.3 is 0 Å². The molecule has 0 aliphatic heterocycles. The van der Waals surface area contributed by atoms with Gasteiger partial charge in [-0.2, -0.15) is 0 Å². The molecule has 0 N–H and O–H groups in total. The highest BCUT2D eigenvalue weighted by atomic mass is 28.2. The second-order valence-electron chi connectivity index (χ2n) is 3.44. The topological polar surface area (TPSA) is 3.24 Å². The standard InChI is InChI=1S/C7H19NSi/c1-6(2)9-7(3)8(4)5/h6-7H,9H2,1-5H3. The van der Waals surface area contributed by atoms with Gasteiger partial charge in [-0.3, -0.25) is 0 Å². The highest BCUT2D eigenvalue weighted by Gasteiger charge is 2.06. The summed E-state index contributed by atoms with van der Waals surface area (Å²) in [7, 11) is 4.48. The molecule has 0 aromatic heterocycles. The molecule has 56 valence electrons. The van der Waals surface area contributed by atoms with Gasteiger partial charge in [0.05, 0.1) is 0 Å². The Labute approximate surface area is 61.3 Å². The maximum absolute atomic E-state index is 2.33. The Morgan fingerprint density at radius 1 is 1.11 bits per heavy atom. The molecule has 0 heterocycles. The minimum atomic E-state index is 0.149. The zero-order chi connectivity index (χ0) is 7.44. The summed E-state index contributed by atoms with van der Waals surface area (Å²) in [5.41, 5.74) is 1.83. The third kappa shape index (κ3) is 4.67. The van der Waals surface area contributed by atoms with Crippen LogP contribution < -0.4 is 0 Å². The van der Waals surface area contributed by atoms with Crippen molar-refractivity contribution in [3.8, 4) is 0 Å². The van der Waals surface area contributed by atoms with E-state index in [2.05, 4.69) is 39.8 Å². The molecule has 0 aliphatic rings. The van der Waals surface area contributed by atoms with Crippen molar-refractivity contribution in [3.05, 3.63) is 0 Å². The predicted molar refractivity (Wildman–Crippen MR) is 46.8 cm³/mol. The van der Waals surface area contributed by atoms with Crippen LogP contribution in [0.25, 0.3) is 0 Å². The lowest BCUT2D eigenvalue weighted by Crippen LogP contribution is -2.31. The number of hydrogen-bond acceptors (Lipinski definition) is 1. The van der Waals surface area contributed by atoms with E-state index in [0.717, 1.165) is 11.2 Å². The zero-order valence-corrected chi connectivity index (χ0v) is 8.72. The lowest BCUT2D eigenvalue weighted by molar-refractivity contribution is 0.389. The molecule has 0 aliphatic carbocycles. The Balaban J connectivity index is 3.38. The Morgan fingerprint density at radius 3 is 1.67 bits per heavy atom. The molecular weight excluding hydrogens is 126 g/mol. The van der Waals surface area contributed by atoms with Crippen molar-refractivity contribution in [1.29, 1.82) is 0 Å². The minimum absolute atomic E-state index is 0.149. The van der Waals surface area contributed by atoms with E-state index in [1.807, 2.05) is 0 Å². The summed E-state index contributed by atoms with van der Waals surface area (Å²) >= 11 is 0. The summed E-state index contributed by atoms with van der Waals surface area (Å²) in [5.74, 6) is 0. The molecule has 1 nitrogen and oxygen atoms in total. The molecule has 9 heavy (non-hydrogen) atoms. The lowest BCUT2D eigenvalue weighted by atomic mass is 10.6. The molecule has 0 saturated carbocycles. The number of rotatable bonds is 3. The van der Waals surface area contributed by atoms with Crippen LogP contribution >= 0.6 is 0 Å². The molecule has 0 bridgehead atoms. The Morgan fingerprint density at radius 2 is 1.56 bits per heavy atom. The molecular formula is C7H19NSi. The lowest BCUT2D eigenvalue weighted by Gasteiger charge is -2.20. The zero-order valence-electron chi connectivity index (χ0n) is 7.31. The van der Waals surface area contributed by atoms with E-state index in [4.69, 9.17) is 0 Å². The van der Waals surface area contributed by atoms with E-state index < -0.39 is 0 Å². The van der Waals surface area contributed by atoms with Crippen LogP contribution in [0.3, 0.4) is 0 Å². The van der Waals surface area contributed by atoms with Crippen LogP contribution in [-0.4, -0.2) is 34.2 Å². The third-order valence-corrected chi connectivity index (χ3v) is 4.05. The third-order valence-electron chi connectivity index (χ3n) is 1.69. The fraction of sp³-hybridized carbons (Fsp3) is 1.00. The Kier molecular flexibility index (Phi) is 4.15. The fourth-order valence-corrected chi connectivity index (χ4v) is 2.68. The summed E-state index contributed by atoms with van der Waals surface area (Å²) in [6.45, 7) is 6.98. The summed E-state index contributed by atoms with van der Waals surface area (Å²) in [5, 5.41) is 0. The van der Waals surface area contributed by atoms with Crippen LogP contribution in [0.5, 0.6) is 0 Å². The molecule has 0 amide bonds. The molecule has 1 unspecified atom stereocenters. The van der Waals surface area contributed by atoms with Crippen molar-refractivity contribution in [3.63, 3.8) is 0 Å². The van der Waals surface area contributed by atoms with Crippen molar-refractivity contribution < 1.29 is 0 Å². The first-order valence-corrected chi connectivity index (χ1v) is 5.33. The van der Waals surface area contributed by atoms with Crippen molar-refractivity contribution in [1.82, 2.24) is 4.90 Å². The minimum Gasteiger partial charge on any atom is -0.310 e. The Hall–Kier alpha value is 0.177. The molecule has 0 rings (SSSR count). The molecule has 0 aromatic carbocycles. The summed E-state index contributed by atoms with van der Waals surface area (Å²) < 4.78 is 0. The van der Waals surface area contributed by atoms with Crippen molar-refractivity contribution in [2.45, 2.75) is 32.0 Å². The van der Waals surface area contributed by atoms with Gasteiger partial charge in [0.15, 0.2) is 0 Å². The van der Waals surface area contributed by atoms with Gasteiger partial charge in [-0.25, -0.2) is 0 Å². The van der Waals surface area contributed by atoms with Gasteiger partial charge in [0.25, 0.3) is 0 Å². The number of nitrogens with zero attached hydrogens (tertiary/aromatic N) is 1. The smallest absolute Gasteiger partial charge is 0.0430 e. The van der Waals surface area contributed by atoms with E-state index in [1.165, 1.54) is 0 Å². The Bertz CT molecular complexity index is 71.3. The highest BCUT2D eigenvalue weighted by molar-refractivity contribution is 6.39. The molecule has 0 radical (unpaired) electrons. The van der Waals surface area contributed by atoms with Gasteiger partial charge in [-0.05, 0) is 19.8 Å². The molecule has 0 spiro atoms. The van der Waals surface area contributed by atoms with Crippen LogP contribution in [0.4, 0.5) is 0 Å². The molecule has 0 aromatic rings. The van der Waals surface area contributed by atoms with Gasteiger partial charge < -0.3 is 4.90 Å². The van der Waals surface area contributed by atoms with Gasteiger partial charge in [0.1, 0.15) is 0 Å². The van der Waals surface area contributed by atoms with Crippen LogP contribution in [0.1, 0.15) is 20.8 Å². The number of hydrogen-bond donors (Lipinski definition) is 0. The van der Waals surface area contributed by atoms with E-state index in [1.54, 1.807) is 0 Å². The van der Waals surface area contributed by atoms with E-state index in [9.17, 15) is 0 Å². The van der Waals surface area contributed by atoms with Crippen LogP contribution in [0.2, 0.25) is 5.54 Å². The van der Waals surface area contributed by atoms with Crippen molar-refractivity contribution >= 4 is 9.52 Å². The van der Waals surface area contributed by atoms with Crippen LogP contribution in [-0.2, 0) is 0 Å². The maximum atomic E-state index is 2.33. The highest BCUT2D eigenvalue weighted by Crippen LogP contribution is 2.02. The first-order valence-electron chi connectivity index (χ1n) is 3.70. The normalized spacial score (nSPS) is 16.3. The second-order valence-corrected chi connectivity index (χ2v) is 6.73. The summed E-state index contributed by atoms with van der Waals surface area (Å²) in [4.78, 5) is 2.33. The maximum Gasteiger partial charge on any atom is 0.0430 e. The van der Waals surface area contributed by atoms with E-state index in [0.29, 0.717) is 0 Å². The van der Waals surface area contributed by atoms with Crippen molar-refractivity contribution in [2.24, 2.45) is 0 Å². The monoisotopic (exact) mass is 145 g/mol. The van der Waals surface area contributed by atoms with Gasteiger partial charge in [0, 0.05) is 9.52 Å². The average Bonchev–Trinajstić information content (AvgIpc) is 1.63. The second kappa shape index (κ2) is 4.07. The summed E-state index contributed by atoms with van der Waals surface area (Å²) in [6.07, 6.45) is 0. The van der Waals surface area contributed by atoms with E-state index >= 15 is 0 Å². The van der Waals surface area contributed by atoms with Gasteiger partial charge in [-0.15, -0.1) is 0 Å². The van der Waals surface area contributed by atoms with Crippen LogP contribution in [0.15, 0.2) is 0 Å². The SMILES string of the molecule is CC(C)[SiH2]C(C)N(C)C. The van der Waals surface area contributed by atoms with Crippen molar-refractivity contribution in [2.75, 3.05) is 14.1 Å². The van der Waals surface area contributed by atoms with Crippen LogP contribution in [0, 0.1) is 0 Å². The quantitative estimate of drug-likeness (QED) is 0.533. The molecule has 2 heteroatoms. The molecule has 1 atom stereocenters. The molecule has 0 fully saturated rings. The molecule has 0 saturated heterocycles. The fourth-order valence-electron chi connectivity index (χ4n) is 0.893. The summed E-state index contributed by atoms with van der Waals surface area (Å²) in [6, 6.07) is 0. The van der Waals surface area contributed by atoms with Gasteiger partial charge in [0.2, 0.25) is 0 Å². The van der Waals surface area contributed by atoms with Gasteiger partial charge in [-0.1, -0.05) is 26.3 Å². The first kappa shape index (κ1) is 9.18.